The molecule has 11 nitrogen and oxygen atoms in total. The summed E-state index contributed by atoms with van der Waals surface area (Å²) < 4.78 is 30.1. The van der Waals surface area contributed by atoms with E-state index in [1.165, 1.54) is 18.4 Å². The number of esters is 2. The number of aromatic hydroxyl groups is 1. The maximum atomic E-state index is 12.3. The molecule has 54 heavy (non-hydrogen) atoms. The predicted molar refractivity (Wildman–Crippen MR) is 207 cm³/mol. The highest BCUT2D eigenvalue weighted by Crippen LogP contribution is 2.16. The number of rotatable bonds is 20. The van der Waals surface area contributed by atoms with Gasteiger partial charge in [-0.2, -0.15) is 0 Å². The second-order valence-corrected chi connectivity index (χ2v) is 10.3. The molecule has 0 radical (unpaired) electrons. The smallest absolute Gasteiger partial charge is 0.330 e. The summed E-state index contributed by atoms with van der Waals surface area (Å²) in [5.74, 6) is -0.137. The van der Waals surface area contributed by atoms with Crippen molar-refractivity contribution in [3.63, 3.8) is 0 Å². The van der Waals surface area contributed by atoms with Gasteiger partial charge in [-0.05, 0) is 48.5 Å². The fraction of sp³-hybridized carbons (Fsp3) is 0.209. The van der Waals surface area contributed by atoms with E-state index >= 15 is 0 Å². The molecule has 0 saturated carbocycles. The molecule has 0 spiro atoms. The van der Waals surface area contributed by atoms with Crippen molar-refractivity contribution in [2.45, 2.75) is 7.43 Å². The van der Waals surface area contributed by atoms with Gasteiger partial charge < -0.3 is 33.5 Å². The molecule has 4 rings (SSSR count). The summed E-state index contributed by atoms with van der Waals surface area (Å²) in [6.45, 7) is 12.6. The van der Waals surface area contributed by atoms with E-state index in [-0.39, 0.29) is 38.0 Å². The van der Waals surface area contributed by atoms with Crippen LogP contribution in [0.15, 0.2) is 147 Å². The molecule has 0 aliphatic carbocycles. The molecule has 4 aromatic carbocycles. The predicted octanol–water partition coefficient (Wildman–Crippen LogP) is 7.19. The number of phenols is 1. The van der Waals surface area contributed by atoms with Crippen molar-refractivity contribution in [3.8, 4) is 11.5 Å². The Kier molecular flexibility index (Phi) is 24.0. The van der Waals surface area contributed by atoms with Crippen LogP contribution in [-0.4, -0.2) is 81.5 Å². The van der Waals surface area contributed by atoms with Crippen molar-refractivity contribution in [2.24, 2.45) is 0 Å². The van der Waals surface area contributed by atoms with E-state index < -0.39 is 11.9 Å². The maximum Gasteiger partial charge on any atom is 0.330 e. The van der Waals surface area contributed by atoms with E-state index in [0.29, 0.717) is 67.6 Å². The number of hydrogen-bond acceptors (Lipinski definition) is 11. The van der Waals surface area contributed by atoms with Crippen molar-refractivity contribution in [3.05, 3.63) is 170 Å². The third-order valence-corrected chi connectivity index (χ3v) is 6.56. The van der Waals surface area contributed by atoms with Crippen LogP contribution in [0.25, 0.3) is 0 Å². The van der Waals surface area contributed by atoms with E-state index in [4.69, 9.17) is 28.8 Å². The molecular formula is C43H48O11. The van der Waals surface area contributed by atoms with Gasteiger partial charge in [0.05, 0.1) is 32.7 Å². The molecule has 11 heteroatoms. The molecule has 4 aromatic rings. The van der Waals surface area contributed by atoms with Crippen LogP contribution in [0, 0.1) is 0 Å². The highest BCUT2D eigenvalue weighted by molar-refractivity contribution is 6.09. The van der Waals surface area contributed by atoms with Crippen LogP contribution in [0.4, 0.5) is 0 Å². The van der Waals surface area contributed by atoms with E-state index in [1.54, 1.807) is 60.7 Å². The van der Waals surface area contributed by atoms with Crippen molar-refractivity contribution in [2.75, 3.05) is 52.9 Å². The van der Waals surface area contributed by atoms with Gasteiger partial charge >= 0.3 is 11.9 Å². The molecule has 0 heterocycles. The molecule has 0 bridgehead atoms. The largest absolute Gasteiger partial charge is 0.508 e. The van der Waals surface area contributed by atoms with Crippen molar-refractivity contribution < 1.29 is 52.7 Å². The Labute approximate surface area is 317 Å². The Bertz CT molecular complexity index is 1690. The average molecular weight is 741 g/mol. The van der Waals surface area contributed by atoms with Crippen molar-refractivity contribution in [1.29, 1.82) is 0 Å². The van der Waals surface area contributed by atoms with Gasteiger partial charge in [-0.3, -0.25) is 9.59 Å². The molecular weight excluding hydrogens is 692 g/mol. The summed E-state index contributed by atoms with van der Waals surface area (Å²) in [7, 11) is 0. The molecule has 0 fully saturated rings. The highest BCUT2D eigenvalue weighted by Gasteiger charge is 2.09. The van der Waals surface area contributed by atoms with Gasteiger partial charge in [0.15, 0.2) is 11.6 Å². The number of ether oxygens (including phenoxy) is 6. The van der Waals surface area contributed by atoms with Gasteiger partial charge in [0.25, 0.3) is 0 Å². The molecule has 0 atom stereocenters. The molecule has 286 valence electrons. The topological polar surface area (TPSA) is 144 Å². The Morgan fingerprint density at radius 1 is 0.500 bits per heavy atom. The Morgan fingerprint density at radius 3 is 1.31 bits per heavy atom. The van der Waals surface area contributed by atoms with E-state index in [2.05, 4.69) is 24.5 Å². The van der Waals surface area contributed by atoms with Crippen LogP contribution >= 0.6 is 0 Å². The summed E-state index contributed by atoms with van der Waals surface area (Å²) in [5.41, 5.74) is 2.50. The zero-order valence-electron chi connectivity index (χ0n) is 29.4. The first kappa shape index (κ1) is 45.7. The second-order valence-electron chi connectivity index (χ2n) is 10.3. The van der Waals surface area contributed by atoms with Gasteiger partial charge in [-0.25, -0.2) is 9.59 Å². The lowest BCUT2D eigenvalue weighted by Gasteiger charge is -2.08. The zero-order valence-corrected chi connectivity index (χ0v) is 29.4. The fourth-order valence-electron chi connectivity index (χ4n) is 3.96. The van der Waals surface area contributed by atoms with Crippen LogP contribution in [0.3, 0.4) is 0 Å². The minimum Gasteiger partial charge on any atom is -0.508 e. The van der Waals surface area contributed by atoms with E-state index in [1.807, 2.05) is 36.4 Å². The molecule has 0 aliphatic rings. The third kappa shape index (κ3) is 19.3. The Balaban J connectivity index is 0.000000432. The monoisotopic (exact) mass is 740 g/mol. The second kappa shape index (κ2) is 28.3. The first-order valence-electron chi connectivity index (χ1n) is 16.5. The van der Waals surface area contributed by atoms with Crippen LogP contribution in [0.5, 0.6) is 11.5 Å². The number of benzene rings is 4. The lowest BCUT2D eigenvalue weighted by Crippen LogP contribution is -2.12. The summed E-state index contributed by atoms with van der Waals surface area (Å²) in [6, 6.07) is 31.4. The summed E-state index contributed by atoms with van der Waals surface area (Å²) in [5, 5.41) is 9.10. The first-order chi connectivity index (χ1) is 25.8. The van der Waals surface area contributed by atoms with E-state index in [9.17, 15) is 19.2 Å². The van der Waals surface area contributed by atoms with Crippen LogP contribution in [-0.2, 0) is 33.3 Å². The fourth-order valence-corrected chi connectivity index (χ4v) is 3.96. The number of phenolic OH excluding ortho intramolecular Hbond substituents is 1. The molecule has 0 aliphatic heterocycles. The van der Waals surface area contributed by atoms with Crippen LogP contribution in [0.1, 0.15) is 39.3 Å². The van der Waals surface area contributed by atoms with Crippen molar-refractivity contribution >= 4 is 23.5 Å². The van der Waals surface area contributed by atoms with Gasteiger partial charge in [-0.1, -0.05) is 87.8 Å². The minimum absolute atomic E-state index is 0. The summed E-state index contributed by atoms with van der Waals surface area (Å²) in [6.07, 6.45) is 3.57. The van der Waals surface area contributed by atoms with Crippen LogP contribution < -0.4 is 4.74 Å². The van der Waals surface area contributed by atoms with Gasteiger partial charge in [0.1, 0.15) is 37.9 Å². The molecule has 0 unspecified atom stereocenters. The zero-order chi connectivity index (χ0) is 38.5. The SMILES string of the molecule is C.C=CC(=O)OCCOCCOc1ccc(C(=O)c2ccccc2)cc1.C=COCCOCCOC(=O)C=C.O=C(c1ccccc1)c1ccc(O)cc1. The lowest BCUT2D eigenvalue weighted by molar-refractivity contribution is -0.140. The van der Waals surface area contributed by atoms with E-state index in [0.717, 1.165) is 12.2 Å². The Hall–Kier alpha value is -6.30. The molecule has 1 N–H and O–H groups in total. The summed E-state index contributed by atoms with van der Waals surface area (Å²) in [4.78, 5) is 45.5. The van der Waals surface area contributed by atoms with Gasteiger partial charge in [-0.15, -0.1) is 0 Å². The number of hydrogen-bond donors (Lipinski definition) is 1. The third-order valence-electron chi connectivity index (χ3n) is 6.56. The normalized spacial score (nSPS) is 9.56. The first-order valence-corrected chi connectivity index (χ1v) is 16.5. The van der Waals surface area contributed by atoms with Gasteiger partial charge in [0, 0.05) is 34.4 Å². The molecule has 0 saturated heterocycles. The lowest BCUT2D eigenvalue weighted by atomic mass is 10.0. The van der Waals surface area contributed by atoms with Crippen LogP contribution in [0.2, 0.25) is 0 Å². The highest BCUT2D eigenvalue weighted by atomic mass is 16.6. The maximum absolute atomic E-state index is 12.3. The molecule has 0 amide bonds. The minimum atomic E-state index is -0.468. The quantitative estimate of drug-likeness (QED) is 0.0323. The number of carbonyl (C=O) groups is 4. The summed E-state index contributed by atoms with van der Waals surface area (Å²) >= 11 is 0. The molecule has 0 aromatic heterocycles. The number of ketones is 2. The standard InChI is InChI=1S/C20H20O5.C13H10O2.C9H14O4.CH4/c1-2-19(21)25-15-13-23-12-14-24-18-10-8-17(9-11-18)20(22)16-6-4-3-5-7-16;14-12-8-6-11(7-9-12)13(15)10-4-2-1-3-5-10;1-3-9(10)13-8-7-12-6-5-11-4-2;/h2-11H,1,12-15H2;1-9,14H;3-4H,1-2,5-8H2;1H4. The average Bonchev–Trinajstić information content (AvgIpc) is 3.21. The van der Waals surface area contributed by atoms with Crippen molar-refractivity contribution in [1.82, 2.24) is 0 Å². The number of carbonyl (C=O) groups excluding carboxylic acids is 4. The Morgan fingerprint density at radius 2 is 0.889 bits per heavy atom. The van der Waals surface area contributed by atoms with Gasteiger partial charge in [0.2, 0.25) is 0 Å².